The molecule has 1 aliphatic carbocycles. The van der Waals surface area contributed by atoms with Crippen molar-refractivity contribution >= 4 is 11.4 Å². The SMILES string of the molecule is NCc1ccc(C2=CC=CC(C=CC(=O)c3ccccc3)(c3ccccc3)C2)cc1. The molecule has 0 spiro atoms. The summed E-state index contributed by atoms with van der Waals surface area (Å²) in [5, 5.41) is 0. The monoisotopic (exact) mass is 391 g/mol. The molecule has 148 valence electrons. The summed E-state index contributed by atoms with van der Waals surface area (Å²) < 4.78 is 0. The maximum absolute atomic E-state index is 12.7. The van der Waals surface area contributed by atoms with Gasteiger partial charge in [0.1, 0.15) is 0 Å². The lowest BCUT2D eigenvalue weighted by atomic mass is 9.71. The topological polar surface area (TPSA) is 43.1 Å². The number of allylic oxidation sites excluding steroid dienone is 6. The molecule has 1 unspecified atom stereocenters. The molecule has 0 fully saturated rings. The van der Waals surface area contributed by atoms with Gasteiger partial charge >= 0.3 is 0 Å². The van der Waals surface area contributed by atoms with Gasteiger partial charge in [-0.2, -0.15) is 0 Å². The Labute approximate surface area is 178 Å². The van der Waals surface area contributed by atoms with Crippen molar-refractivity contribution < 1.29 is 4.79 Å². The summed E-state index contributed by atoms with van der Waals surface area (Å²) >= 11 is 0. The zero-order valence-electron chi connectivity index (χ0n) is 16.9. The lowest BCUT2D eigenvalue weighted by molar-refractivity contribution is 0.104. The number of carbonyl (C=O) groups is 1. The zero-order chi connectivity index (χ0) is 20.8. The third kappa shape index (κ3) is 4.24. The second kappa shape index (κ2) is 8.89. The predicted molar refractivity (Wildman–Crippen MR) is 124 cm³/mol. The van der Waals surface area contributed by atoms with Crippen LogP contribution in [0.4, 0.5) is 0 Å². The quantitative estimate of drug-likeness (QED) is 0.422. The Morgan fingerprint density at radius 1 is 0.900 bits per heavy atom. The molecule has 4 rings (SSSR count). The second-order valence-corrected chi connectivity index (χ2v) is 7.60. The van der Waals surface area contributed by atoms with E-state index in [2.05, 4.69) is 60.7 Å². The van der Waals surface area contributed by atoms with E-state index in [1.807, 2.05) is 48.5 Å². The van der Waals surface area contributed by atoms with Gasteiger partial charge in [0.25, 0.3) is 0 Å². The molecule has 0 aromatic heterocycles. The van der Waals surface area contributed by atoms with Gasteiger partial charge in [-0.3, -0.25) is 4.79 Å². The van der Waals surface area contributed by atoms with E-state index >= 15 is 0 Å². The van der Waals surface area contributed by atoms with Gasteiger partial charge < -0.3 is 5.73 Å². The Bertz CT molecular complexity index is 1090. The van der Waals surface area contributed by atoms with Gasteiger partial charge in [-0.15, -0.1) is 0 Å². The predicted octanol–water partition coefficient (Wildman–Crippen LogP) is 5.87. The van der Waals surface area contributed by atoms with E-state index in [9.17, 15) is 4.79 Å². The Kier molecular flexibility index (Phi) is 5.87. The summed E-state index contributed by atoms with van der Waals surface area (Å²) in [5.74, 6) is 0.0164. The number of nitrogens with two attached hydrogens (primary N) is 1. The van der Waals surface area contributed by atoms with Crippen LogP contribution in [0.2, 0.25) is 0 Å². The van der Waals surface area contributed by atoms with Crippen molar-refractivity contribution in [1.82, 2.24) is 0 Å². The lowest BCUT2D eigenvalue weighted by Gasteiger charge is -2.32. The van der Waals surface area contributed by atoms with E-state index in [1.54, 1.807) is 6.08 Å². The standard InChI is InChI=1S/C28H25NO/c29-21-22-13-15-23(16-14-22)25-10-7-18-28(20-25,26-11-5-2-6-12-26)19-17-27(30)24-8-3-1-4-9-24/h1-19H,20-21,29H2. The molecule has 1 atom stereocenters. The Morgan fingerprint density at radius 3 is 2.23 bits per heavy atom. The van der Waals surface area contributed by atoms with Crippen LogP contribution >= 0.6 is 0 Å². The van der Waals surface area contributed by atoms with Crippen LogP contribution in [0.1, 0.15) is 33.5 Å². The smallest absolute Gasteiger partial charge is 0.185 e. The van der Waals surface area contributed by atoms with Crippen LogP contribution in [0.5, 0.6) is 0 Å². The van der Waals surface area contributed by atoms with Crippen molar-refractivity contribution in [3.8, 4) is 0 Å². The van der Waals surface area contributed by atoms with Crippen molar-refractivity contribution in [2.45, 2.75) is 18.4 Å². The van der Waals surface area contributed by atoms with Crippen molar-refractivity contribution in [2.24, 2.45) is 5.73 Å². The van der Waals surface area contributed by atoms with Crippen LogP contribution in [0.25, 0.3) is 5.57 Å². The Hall–Kier alpha value is -3.49. The Morgan fingerprint density at radius 2 is 1.57 bits per heavy atom. The van der Waals surface area contributed by atoms with Crippen molar-refractivity contribution in [1.29, 1.82) is 0 Å². The third-order valence-electron chi connectivity index (χ3n) is 5.64. The Balaban J connectivity index is 1.69. The molecule has 3 aromatic carbocycles. The van der Waals surface area contributed by atoms with Gasteiger partial charge in [0.15, 0.2) is 5.78 Å². The van der Waals surface area contributed by atoms with Gasteiger partial charge in [0, 0.05) is 17.5 Å². The number of rotatable bonds is 6. The first kappa shape index (κ1) is 19.8. The highest BCUT2D eigenvalue weighted by molar-refractivity contribution is 6.04. The molecule has 2 N–H and O–H groups in total. The minimum absolute atomic E-state index is 0.0164. The molecule has 0 aliphatic heterocycles. The highest BCUT2D eigenvalue weighted by atomic mass is 16.1. The average molecular weight is 392 g/mol. The van der Waals surface area contributed by atoms with E-state index in [-0.39, 0.29) is 11.2 Å². The molecule has 2 nitrogen and oxygen atoms in total. The third-order valence-corrected chi connectivity index (χ3v) is 5.64. The summed E-state index contributed by atoms with van der Waals surface area (Å²) in [6.07, 6.45) is 11.0. The molecule has 0 amide bonds. The van der Waals surface area contributed by atoms with Crippen LogP contribution in [0.15, 0.2) is 115 Å². The van der Waals surface area contributed by atoms with E-state index < -0.39 is 0 Å². The van der Waals surface area contributed by atoms with Gasteiger partial charge in [0.2, 0.25) is 0 Å². The molecule has 0 radical (unpaired) electrons. The fourth-order valence-electron chi connectivity index (χ4n) is 3.90. The minimum Gasteiger partial charge on any atom is -0.326 e. The number of carbonyl (C=O) groups excluding carboxylic acids is 1. The van der Waals surface area contributed by atoms with Gasteiger partial charge in [0.05, 0.1) is 0 Å². The summed E-state index contributed by atoms with van der Waals surface area (Å²) in [6, 6.07) is 28.2. The first-order chi connectivity index (χ1) is 14.7. The van der Waals surface area contributed by atoms with Crippen LogP contribution in [-0.4, -0.2) is 5.78 Å². The number of hydrogen-bond acceptors (Lipinski definition) is 2. The summed E-state index contributed by atoms with van der Waals surface area (Å²) in [5.41, 5.74) is 10.8. The first-order valence-corrected chi connectivity index (χ1v) is 10.2. The summed E-state index contributed by atoms with van der Waals surface area (Å²) in [7, 11) is 0. The molecule has 3 aromatic rings. The molecular weight excluding hydrogens is 366 g/mol. The fraction of sp³-hybridized carbons (Fsp3) is 0.107. The van der Waals surface area contributed by atoms with E-state index in [4.69, 9.17) is 5.73 Å². The zero-order valence-corrected chi connectivity index (χ0v) is 16.9. The molecule has 0 bridgehead atoms. The van der Waals surface area contributed by atoms with Crippen molar-refractivity contribution in [3.63, 3.8) is 0 Å². The highest BCUT2D eigenvalue weighted by Crippen LogP contribution is 2.40. The van der Waals surface area contributed by atoms with Gasteiger partial charge in [-0.05, 0) is 34.8 Å². The highest BCUT2D eigenvalue weighted by Gasteiger charge is 2.30. The molecular formula is C28H25NO. The van der Waals surface area contributed by atoms with Crippen molar-refractivity contribution in [2.75, 3.05) is 0 Å². The normalized spacial score (nSPS) is 18.4. The lowest BCUT2D eigenvalue weighted by Crippen LogP contribution is -2.23. The van der Waals surface area contributed by atoms with Crippen LogP contribution in [0.3, 0.4) is 0 Å². The molecule has 30 heavy (non-hydrogen) atoms. The largest absolute Gasteiger partial charge is 0.326 e. The maximum atomic E-state index is 12.7. The first-order valence-electron chi connectivity index (χ1n) is 10.2. The van der Waals surface area contributed by atoms with E-state index in [1.165, 1.54) is 16.7 Å². The molecule has 0 heterocycles. The fourth-order valence-corrected chi connectivity index (χ4v) is 3.90. The number of hydrogen-bond donors (Lipinski definition) is 1. The van der Waals surface area contributed by atoms with E-state index in [0.717, 1.165) is 12.0 Å². The van der Waals surface area contributed by atoms with E-state index in [0.29, 0.717) is 12.1 Å². The van der Waals surface area contributed by atoms with Crippen LogP contribution < -0.4 is 5.73 Å². The summed E-state index contributed by atoms with van der Waals surface area (Å²) in [4.78, 5) is 12.7. The summed E-state index contributed by atoms with van der Waals surface area (Å²) in [6.45, 7) is 0.539. The molecule has 0 saturated carbocycles. The maximum Gasteiger partial charge on any atom is 0.185 e. The molecule has 0 saturated heterocycles. The number of ketones is 1. The van der Waals surface area contributed by atoms with Crippen LogP contribution in [-0.2, 0) is 12.0 Å². The number of benzene rings is 3. The van der Waals surface area contributed by atoms with Crippen LogP contribution in [0, 0.1) is 0 Å². The van der Waals surface area contributed by atoms with Gasteiger partial charge in [-0.1, -0.05) is 109 Å². The van der Waals surface area contributed by atoms with Crippen molar-refractivity contribution in [3.05, 3.63) is 138 Å². The second-order valence-electron chi connectivity index (χ2n) is 7.60. The molecule has 1 aliphatic rings. The minimum atomic E-state index is -0.373. The molecule has 2 heteroatoms. The van der Waals surface area contributed by atoms with Gasteiger partial charge in [-0.25, -0.2) is 0 Å². The average Bonchev–Trinajstić information content (AvgIpc) is 2.84.